The van der Waals surface area contributed by atoms with E-state index in [2.05, 4.69) is 20.1 Å². The molecule has 4 aromatic rings. The summed E-state index contributed by atoms with van der Waals surface area (Å²) in [6.45, 7) is 4.74. The van der Waals surface area contributed by atoms with Gasteiger partial charge in [0.2, 0.25) is 0 Å². The standard InChI is InChI=1S/C24H23F4N7O/c1-15-17(13-32(2)30-15)14-33-7-9-34(10-8-33)23(36)20-12-22-29-19(16-3-5-18(25)6-4-16)11-21(24(26,27)28)35(22)31-20/h3-6,11-13H,7-10,14H2,1-2H3. The van der Waals surface area contributed by atoms with Crippen LogP contribution < -0.4 is 0 Å². The number of rotatable bonds is 4. The summed E-state index contributed by atoms with van der Waals surface area (Å²) >= 11 is 0. The van der Waals surface area contributed by atoms with Gasteiger partial charge in [0.05, 0.1) is 11.4 Å². The number of piperazine rings is 1. The number of nitrogens with zero attached hydrogens (tertiary/aromatic N) is 7. The summed E-state index contributed by atoms with van der Waals surface area (Å²) in [5.74, 6) is -0.960. The third-order valence-corrected chi connectivity index (χ3v) is 6.25. The fraction of sp³-hybridized carbons (Fsp3) is 0.333. The Hall–Kier alpha value is -3.80. The van der Waals surface area contributed by atoms with Crippen molar-refractivity contribution in [3.05, 3.63) is 71.1 Å². The van der Waals surface area contributed by atoms with Gasteiger partial charge >= 0.3 is 6.18 Å². The highest BCUT2D eigenvalue weighted by Crippen LogP contribution is 2.32. The molecule has 1 aliphatic heterocycles. The molecule has 36 heavy (non-hydrogen) atoms. The summed E-state index contributed by atoms with van der Waals surface area (Å²) in [4.78, 5) is 21.2. The van der Waals surface area contributed by atoms with Crippen molar-refractivity contribution in [3.63, 3.8) is 0 Å². The minimum Gasteiger partial charge on any atom is -0.335 e. The molecule has 0 aliphatic carbocycles. The fourth-order valence-electron chi connectivity index (χ4n) is 4.37. The van der Waals surface area contributed by atoms with Gasteiger partial charge in [-0.1, -0.05) is 0 Å². The number of amides is 1. The summed E-state index contributed by atoms with van der Waals surface area (Å²) in [6.07, 6.45) is -2.77. The van der Waals surface area contributed by atoms with Crippen molar-refractivity contribution in [1.29, 1.82) is 0 Å². The van der Waals surface area contributed by atoms with E-state index in [-0.39, 0.29) is 17.0 Å². The number of carbonyl (C=O) groups is 1. The van der Waals surface area contributed by atoms with Crippen LogP contribution in [0.1, 0.15) is 27.4 Å². The van der Waals surface area contributed by atoms with E-state index in [1.54, 1.807) is 9.58 Å². The second kappa shape index (κ2) is 9.01. The second-order valence-electron chi connectivity index (χ2n) is 8.81. The zero-order valence-corrected chi connectivity index (χ0v) is 19.6. The number of halogens is 4. The molecule has 1 aromatic carbocycles. The van der Waals surface area contributed by atoms with Gasteiger partial charge in [-0.15, -0.1) is 0 Å². The van der Waals surface area contributed by atoms with E-state index in [1.807, 2.05) is 20.2 Å². The van der Waals surface area contributed by atoms with Crippen LogP contribution in [0.3, 0.4) is 0 Å². The molecular formula is C24H23F4N7O. The van der Waals surface area contributed by atoms with Crippen LogP contribution in [0, 0.1) is 12.7 Å². The molecule has 1 amide bonds. The molecule has 188 valence electrons. The third kappa shape index (κ3) is 4.68. The topological polar surface area (TPSA) is 71.6 Å². The lowest BCUT2D eigenvalue weighted by molar-refractivity contribution is -0.142. The quantitative estimate of drug-likeness (QED) is 0.400. The molecule has 0 bridgehead atoms. The lowest BCUT2D eigenvalue weighted by Crippen LogP contribution is -2.48. The number of hydrogen-bond donors (Lipinski definition) is 0. The van der Waals surface area contributed by atoms with Crippen molar-refractivity contribution in [3.8, 4) is 11.3 Å². The third-order valence-electron chi connectivity index (χ3n) is 6.25. The molecule has 8 nitrogen and oxygen atoms in total. The van der Waals surface area contributed by atoms with Crippen molar-refractivity contribution in [2.24, 2.45) is 7.05 Å². The average molecular weight is 501 g/mol. The highest BCUT2D eigenvalue weighted by molar-refractivity contribution is 5.93. The van der Waals surface area contributed by atoms with E-state index >= 15 is 0 Å². The van der Waals surface area contributed by atoms with E-state index in [1.165, 1.54) is 18.2 Å². The number of aromatic nitrogens is 5. The number of benzene rings is 1. The van der Waals surface area contributed by atoms with Gasteiger partial charge < -0.3 is 4.90 Å². The Morgan fingerprint density at radius 3 is 2.33 bits per heavy atom. The first-order valence-corrected chi connectivity index (χ1v) is 11.3. The maximum Gasteiger partial charge on any atom is 0.433 e. The largest absolute Gasteiger partial charge is 0.433 e. The Kier molecular flexibility index (Phi) is 5.99. The summed E-state index contributed by atoms with van der Waals surface area (Å²) in [7, 11) is 1.86. The van der Waals surface area contributed by atoms with Crippen molar-refractivity contribution in [1.82, 2.24) is 34.2 Å². The van der Waals surface area contributed by atoms with E-state index < -0.39 is 23.6 Å². The zero-order valence-electron chi connectivity index (χ0n) is 19.6. The first-order valence-electron chi connectivity index (χ1n) is 11.3. The minimum absolute atomic E-state index is 0.00744. The Bertz CT molecular complexity index is 1420. The predicted octanol–water partition coefficient (Wildman–Crippen LogP) is 3.55. The highest BCUT2D eigenvalue weighted by atomic mass is 19.4. The van der Waals surface area contributed by atoms with E-state index in [4.69, 9.17) is 0 Å². The maximum atomic E-state index is 13.8. The average Bonchev–Trinajstić information content (AvgIpc) is 3.40. The summed E-state index contributed by atoms with van der Waals surface area (Å²) in [6, 6.07) is 7.10. The normalized spacial score (nSPS) is 15.1. The van der Waals surface area contributed by atoms with Crippen LogP contribution >= 0.6 is 0 Å². The van der Waals surface area contributed by atoms with E-state index in [0.717, 1.165) is 29.5 Å². The summed E-state index contributed by atoms with van der Waals surface area (Å²) in [5.41, 5.74) is 1.10. The van der Waals surface area contributed by atoms with Gasteiger partial charge in [-0.05, 0) is 37.3 Å². The van der Waals surface area contributed by atoms with Crippen molar-refractivity contribution >= 4 is 11.6 Å². The molecule has 0 saturated carbocycles. The molecule has 5 rings (SSSR count). The van der Waals surface area contributed by atoms with Crippen LogP contribution in [0.15, 0.2) is 42.6 Å². The van der Waals surface area contributed by atoms with Gasteiger partial charge in [-0.3, -0.25) is 14.4 Å². The molecule has 4 heterocycles. The summed E-state index contributed by atoms with van der Waals surface area (Å²) < 4.78 is 57.2. The molecule has 3 aromatic heterocycles. The molecule has 1 fully saturated rings. The van der Waals surface area contributed by atoms with Gasteiger partial charge in [0, 0.05) is 63.2 Å². The van der Waals surface area contributed by atoms with Crippen LogP contribution in [0.5, 0.6) is 0 Å². The lowest BCUT2D eigenvalue weighted by Gasteiger charge is -2.34. The van der Waals surface area contributed by atoms with E-state index in [9.17, 15) is 22.4 Å². The number of carbonyl (C=O) groups excluding carboxylic acids is 1. The predicted molar refractivity (Wildman–Crippen MR) is 123 cm³/mol. The van der Waals surface area contributed by atoms with Crippen LogP contribution in [0.25, 0.3) is 16.9 Å². The van der Waals surface area contributed by atoms with Crippen LogP contribution in [-0.4, -0.2) is 66.3 Å². The highest BCUT2D eigenvalue weighted by Gasteiger charge is 2.36. The molecule has 12 heteroatoms. The monoisotopic (exact) mass is 501 g/mol. The molecule has 0 N–H and O–H groups in total. The van der Waals surface area contributed by atoms with Crippen molar-refractivity contribution in [2.75, 3.05) is 26.2 Å². The Balaban J connectivity index is 1.37. The maximum absolute atomic E-state index is 13.8. The molecule has 1 saturated heterocycles. The molecule has 0 radical (unpaired) electrons. The zero-order chi connectivity index (χ0) is 25.6. The summed E-state index contributed by atoms with van der Waals surface area (Å²) in [5, 5.41) is 8.31. The fourth-order valence-corrected chi connectivity index (χ4v) is 4.37. The Morgan fingerprint density at radius 2 is 1.72 bits per heavy atom. The SMILES string of the molecule is Cc1nn(C)cc1CN1CCN(C(=O)c2cc3nc(-c4ccc(F)cc4)cc(C(F)(F)F)n3n2)CC1. The smallest absolute Gasteiger partial charge is 0.335 e. The molecule has 0 atom stereocenters. The Morgan fingerprint density at radius 1 is 1.03 bits per heavy atom. The second-order valence-corrected chi connectivity index (χ2v) is 8.81. The number of aryl methyl sites for hydroxylation is 2. The number of alkyl halides is 3. The molecule has 1 aliphatic rings. The van der Waals surface area contributed by atoms with Gasteiger partial charge in [-0.2, -0.15) is 23.4 Å². The molecule has 0 spiro atoms. The Labute approximate surface area is 203 Å². The van der Waals surface area contributed by atoms with Gasteiger partial charge in [0.25, 0.3) is 5.91 Å². The van der Waals surface area contributed by atoms with Gasteiger partial charge in [-0.25, -0.2) is 13.9 Å². The number of fused-ring (bicyclic) bond motifs is 1. The minimum atomic E-state index is -4.74. The van der Waals surface area contributed by atoms with Crippen LogP contribution in [0.2, 0.25) is 0 Å². The lowest BCUT2D eigenvalue weighted by atomic mass is 10.1. The van der Waals surface area contributed by atoms with Crippen LogP contribution in [-0.2, 0) is 19.8 Å². The van der Waals surface area contributed by atoms with Gasteiger partial charge in [0.1, 0.15) is 5.82 Å². The first-order chi connectivity index (χ1) is 17.1. The van der Waals surface area contributed by atoms with E-state index in [0.29, 0.717) is 42.8 Å². The van der Waals surface area contributed by atoms with Gasteiger partial charge in [0.15, 0.2) is 17.0 Å². The number of hydrogen-bond acceptors (Lipinski definition) is 5. The first kappa shape index (κ1) is 23.9. The van der Waals surface area contributed by atoms with Crippen LogP contribution in [0.4, 0.5) is 17.6 Å². The van der Waals surface area contributed by atoms with Crippen molar-refractivity contribution < 1.29 is 22.4 Å². The molecule has 0 unspecified atom stereocenters. The molecular weight excluding hydrogens is 478 g/mol. The van der Waals surface area contributed by atoms with Crippen molar-refractivity contribution in [2.45, 2.75) is 19.6 Å².